The summed E-state index contributed by atoms with van der Waals surface area (Å²) in [4.78, 5) is 20.1. The van der Waals surface area contributed by atoms with Crippen molar-refractivity contribution in [3.63, 3.8) is 0 Å². The number of nitrogens with two attached hydrogens (primary N) is 1. The summed E-state index contributed by atoms with van der Waals surface area (Å²) in [6.45, 7) is 2.54. The number of benzene rings is 1. The quantitative estimate of drug-likeness (QED) is 0.414. The number of hydrogen-bond acceptors (Lipinski definition) is 9. The van der Waals surface area contributed by atoms with Crippen LogP contribution in [0.15, 0.2) is 27.4 Å². The van der Waals surface area contributed by atoms with Crippen LogP contribution >= 0.6 is 24.0 Å². The minimum Gasteiger partial charge on any atom is -0.343 e. The number of thiazole rings is 1. The normalized spacial score (nSPS) is 15.4. The Morgan fingerprint density at radius 1 is 1.24 bits per heavy atom. The van der Waals surface area contributed by atoms with Crippen LogP contribution in [0.2, 0.25) is 0 Å². The zero-order valence-electron chi connectivity index (χ0n) is 19.6. The van der Waals surface area contributed by atoms with Crippen LogP contribution in [0.3, 0.4) is 0 Å². The average Bonchev–Trinajstić information content (AvgIpc) is 3.42. The molecule has 0 radical (unpaired) electrons. The Balaban J connectivity index is 1.39. The maximum absolute atomic E-state index is 13.3. The van der Waals surface area contributed by atoms with E-state index in [0.717, 1.165) is 23.5 Å². The molecule has 0 spiro atoms. The Labute approximate surface area is 220 Å². The molecule has 4 rings (SSSR count). The largest absolute Gasteiger partial charge is 0.416 e. The summed E-state index contributed by atoms with van der Waals surface area (Å²) in [5.41, 5.74) is 0.190. The van der Waals surface area contributed by atoms with Crippen LogP contribution in [0.25, 0.3) is 0 Å². The molecular weight excluding hydrogens is 551 g/mol. The van der Waals surface area contributed by atoms with Crippen molar-refractivity contribution in [3.8, 4) is 0 Å². The van der Waals surface area contributed by atoms with Crippen LogP contribution in [0.4, 0.5) is 13.2 Å². The molecule has 0 saturated carbocycles. The van der Waals surface area contributed by atoms with Gasteiger partial charge in [-0.1, -0.05) is 6.07 Å². The van der Waals surface area contributed by atoms with Gasteiger partial charge >= 0.3 is 6.18 Å². The molecule has 2 N–H and O–H groups in total. The van der Waals surface area contributed by atoms with E-state index in [1.165, 1.54) is 10.9 Å². The maximum Gasteiger partial charge on any atom is 0.416 e. The van der Waals surface area contributed by atoms with Gasteiger partial charge in [0, 0.05) is 25.4 Å². The molecule has 0 unspecified atom stereocenters. The van der Waals surface area contributed by atoms with E-state index in [9.17, 15) is 26.4 Å². The number of thiol groups is 1. The van der Waals surface area contributed by atoms with Crippen molar-refractivity contribution in [2.45, 2.75) is 60.5 Å². The van der Waals surface area contributed by atoms with Gasteiger partial charge < -0.3 is 4.90 Å². The zero-order chi connectivity index (χ0) is 27.0. The lowest BCUT2D eigenvalue weighted by Gasteiger charge is -2.31. The van der Waals surface area contributed by atoms with Gasteiger partial charge in [0.1, 0.15) is 5.03 Å². The third-order valence-electron chi connectivity index (χ3n) is 6.06. The number of nitrogens with zero attached hydrogens (tertiary/aromatic N) is 6. The summed E-state index contributed by atoms with van der Waals surface area (Å²) >= 11 is 5.10. The number of rotatable bonds is 7. The number of likely N-dealkylation sites (tertiary alicyclic amines) is 1. The number of primary sulfonamides is 1. The maximum atomic E-state index is 13.3. The number of tetrazole rings is 1. The van der Waals surface area contributed by atoms with Crippen LogP contribution in [0.1, 0.15) is 52.7 Å². The van der Waals surface area contributed by atoms with E-state index in [2.05, 4.69) is 33.0 Å². The molecule has 0 aliphatic carbocycles. The molecule has 1 fully saturated rings. The van der Waals surface area contributed by atoms with Crippen molar-refractivity contribution < 1.29 is 26.4 Å². The van der Waals surface area contributed by atoms with Crippen molar-refractivity contribution in [3.05, 3.63) is 45.7 Å². The highest BCUT2D eigenvalue weighted by Crippen LogP contribution is 2.36. The topological polar surface area (TPSA) is 137 Å². The van der Waals surface area contributed by atoms with E-state index in [-0.39, 0.29) is 40.4 Å². The van der Waals surface area contributed by atoms with Crippen LogP contribution in [0, 0.1) is 6.92 Å². The standard InChI is InChI=1S/C21H24F3N7O3S3/c1-12-27-29-31(28-12)11-15-10-16(21(22,23)24)4-2-13(15)3-5-17(32)30-8-6-14(7-9-30)19-26-18(35)20(36-19)37(25,33)34/h2,4,10,14,35H,3,5-9,11H2,1H3,(H2,25,33,34). The first-order chi connectivity index (χ1) is 17.3. The molecule has 0 bridgehead atoms. The molecule has 37 heavy (non-hydrogen) atoms. The van der Waals surface area contributed by atoms with Gasteiger partial charge in [0.15, 0.2) is 10.0 Å². The number of alkyl halides is 3. The van der Waals surface area contributed by atoms with E-state index in [1.54, 1.807) is 11.8 Å². The number of piperidine rings is 1. The predicted octanol–water partition coefficient (Wildman–Crippen LogP) is 2.78. The molecular formula is C21H24F3N7O3S3. The lowest BCUT2D eigenvalue weighted by molar-refractivity contribution is -0.137. The molecule has 2 aromatic heterocycles. The van der Waals surface area contributed by atoms with E-state index in [1.807, 2.05) is 0 Å². The van der Waals surface area contributed by atoms with Gasteiger partial charge in [-0.15, -0.1) is 34.2 Å². The molecule has 3 heterocycles. The number of aromatic nitrogens is 5. The fraction of sp³-hybridized carbons (Fsp3) is 0.476. The van der Waals surface area contributed by atoms with E-state index in [4.69, 9.17) is 5.14 Å². The number of carbonyl (C=O) groups excluding carboxylic acids is 1. The fourth-order valence-corrected chi connectivity index (χ4v) is 6.77. The van der Waals surface area contributed by atoms with Crippen molar-refractivity contribution in [2.75, 3.05) is 13.1 Å². The van der Waals surface area contributed by atoms with Crippen LogP contribution in [-0.2, 0) is 34.0 Å². The monoisotopic (exact) mass is 575 g/mol. The Morgan fingerprint density at radius 3 is 2.51 bits per heavy atom. The summed E-state index contributed by atoms with van der Waals surface area (Å²) in [7, 11) is -3.90. The van der Waals surface area contributed by atoms with Crippen LogP contribution in [-0.4, -0.2) is 57.5 Å². The van der Waals surface area contributed by atoms with E-state index >= 15 is 0 Å². The number of carbonyl (C=O) groups is 1. The van der Waals surface area contributed by atoms with Gasteiger partial charge in [0.05, 0.1) is 17.1 Å². The minimum atomic E-state index is -4.50. The third-order valence-corrected chi connectivity index (χ3v) is 9.35. The van der Waals surface area contributed by atoms with Gasteiger partial charge in [0.2, 0.25) is 15.9 Å². The van der Waals surface area contributed by atoms with Crippen molar-refractivity contribution in [1.29, 1.82) is 0 Å². The molecule has 1 aliphatic rings. The summed E-state index contributed by atoms with van der Waals surface area (Å²) in [5.74, 6) is 0.269. The lowest BCUT2D eigenvalue weighted by Crippen LogP contribution is -2.38. The Morgan fingerprint density at radius 2 is 1.95 bits per heavy atom. The molecule has 200 valence electrons. The summed E-state index contributed by atoms with van der Waals surface area (Å²) in [6.07, 6.45) is -2.92. The number of hydrogen-bond donors (Lipinski definition) is 2. The highest BCUT2D eigenvalue weighted by Gasteiger charge is 2.32. The zero-order valence-corrected chi connectivity index (χ0v) is 22.2. The van der Waals surface area contributed by atoms with Crippen molar-refractivity contribution in [1.82, 2.24) is 30.1 Å². The Hall–Kier alpha value is -2.56. The Bertz CT molecular complexity index is 1400. The second-order valence-corrected chi connectivity index (χ2v) is 11.9. The van der Waals surface area contributed by atoms with E-state index in [0.29, 0.717) is 47.9 Å². The molecule has 10 nitrogen and oxygen atoms in total. The second-order valence-electron chi connectivity index (χ2n) is 8.71. The first kappa shape index (κ1) is 27.5. The first-order valence-electron chi connectivity index (χ1n) is 11.2. The number of halogens is 3. The van der Waals surface area contributed by atoms with Gasteiger partial charge in [-0.3, -0.25) is 4.79 Å². The molecule has 0 atom stereocenters. The second kappa shape index (κ2) is 10.7. The molecule has 16 heteroatoms. The molecule has 1 saturated heterocycles. The smallest absolute Gasteiger partial charge is 0.343 e. The van der Waals surface area contributed by atoms with Crippen molar-refractivity contribution in [2.24, 2.45) is 5.14 Å². The van der Waals surface area contributed by atoms with Gasteiger partial charge in [-0.25, -0.2) is 18.5 Å². The lowest BCUT2D eigenvalue weighted by atomic mass is 9.96. The minimum absolute atomic E-state index is 0.00112. The van der Waals surface area contributed by atoms with Crippen LogP contribution in [0.5, 0.6) is 0 Å². The summed E-state index contributed by atoms with van der Waals surface area (Å²) in [5, 5.41) is 17.5. The number of aryl methyl sites for hydroxylation is 2. The van der Waals surface area contributed by atoms with Gasteiger partial charge in [-0.05, 0) is 54.7 Å². The molecule has 1 amide bonds. The van der Waals surface area contributed by atoms with Gasteiger partial charge in [0.25, 0.3) is 0 Å². The number of amides is 1. The molecule has 1 aliphatic heterocycles. The highest BCUT2D eigenvalue weighted by atomic mass is 32.2. The van der Waals surface area contributed by atoms with Crippen LogP contribution < -0.4 is 5.14 Å². The molecule has 3 aromatic rings. The SMILES string of the molecule is Cc1nnn(Cc2cc(C(F)(F)F)ccc2CCC(=O)N2CCC(c3nc(S)c(S(N)(=O)=O)s3)CC2)n1. The van der Waals surface area contributed by atoms with Gasteiger partial charge in [-0.2, -0.15) is 18.0 Å². The average molecular weight is 576 g/mol. The van der Waals surface area contributed by atoms with Crippen molar-refractivity contribution >= 4 is 39.9 Å². The first-order valence-corrected chi connectivity index (χ1v) is 14.1. The Kier molecular flexibility index (Phi) is 7.92. The highest BCUT2D eigenvalue weighted by molar-refractivity contribution is 7.92. The number of sulfonamides is 1. The van der Waals surface area contributed by atoms with E-state index < -0.39 is 21.8 Å². The summed E-state index contributed by atoms with van der Waals surface area (Å²) in [6, 6.07) is 3.46. The fourth-order valence-electron chi connectivity index (χ4n) is 4.19. The molecule has 1 aromatic carbocycles. The predicted molar refractivity (Wildman–Crippen MR) is 131 cm³/mol. The third kappa shape index (κ3) is 6.66. The summed E-state index contributed by atoms with van der Waals surface area (Å²) < 4.78 is 63.1.